The molecular formula is C23H32N4O8. The van der Waals surface area contributed by atoms with Crippen LogP contribution in [0, 0.1) is 18.3 Å². The van der Waals surface area contributed by atoms with Crippen molar-refractivity contribution >= 4 is 11.9 Å². The number of nitriles is 1. The monoisotopic (exact) mass is 492 g/mol. The van der Waals surface area contributed by atoms with Gasteiger partial charge in [0.15, 0.2) is 17.6 Å². The average Bonchev–Trinajstić information content (AvgIpc) is 3.08. The van der Waals surface area contributed by atoms with Gasteiger partial charge in [0.1, 0.15) is 11.4 Å². The van der Waals surface area contributed by atoms with Gasteiger partial charge in [-0.25, -0.2) is 4.79 Å². The second kappa shape index (κ2) is 13.4. The molecule has 1 aromatic carbocycles. The highest BCUT2D eigenvalue weighted by atomic mass is 16.5. The van der Waals surface area contributed by atoms with Crippen LogP contribution in [0.3, 0.4) is 0 Å². The smallest absolute Gasteiger partial charge is 0.336 e. The molecular weight excluding hydrogens is 460 g/mol. The summed E-state index contributed by atoms with van der Waals surface area (Å²) < 4.78 is 8.02. The standard InChI is InChI=1S/C17H22N4O.C6H10O7/c1-4-15-17(16(5-2)21(20-15)7-6-18)22-14-9-12(3)8-13(10-14)11-19;7-3(8)1-6(13,5(11)12)2-4(9)10/h8-10H,4-7,18H2,1-3H3;3,7-8,13H,1-2H2,(H,9,10)(H,11,12). The van der Waals surface area contributed by atoms with Gasteiger partial charge in [-0.1, -0.05) is 13.8 Å². The molecule has 0 spiro atoms. The molecule has 7 N–H and O–H groups in total. The third-order valence-corrected chi connectivity index (χ3v) is 4.85. The summed E-state index contributed by atoms with van der Waals surface area (Å²) >= 11 is 0. The van der Waals surface area contributed by atoms with Crippen LogP contribution in [0.5, 0.6) is 11.5 Å². The van der Waals surface area contributed by atoms with Gasteiger partial charge in [0.05, 0.1) is 30.3 Å². The largest absolute Gasteiger partial charge is 0.481 e. The normalized spacial score (nSPS) is 12.3. The first-order valence-corrected chi connectivity index (χ1v) is 10.9. The first-order chi connectivity index (χ1) is 16.4. The number of carboxylic acid groups (broad SMARTS) is 2. The van der Waals surface area contributed by atoms with Crippen molar-refractivity contribution in [2.24, 2.45) is 5.73 Å². The van der Waals surface area contributed by atoms with E-state index < -0.39 is 36.7 Å². The summed E-state index contributed by atoms with van der Waals surface area (Å²) in [6.45, 7) is 7.30. The van der Waals surface area contributed by atoms with E-state index in [0.29, 0.717) is 24.4 Å². The SMILES string of the molecule is CCc1nn(CCN)c(CC)c1Oc1cc(C)cc(C#N)c1.O=C(O)CC(O)(CC(O)O)C(=O)O. The molecule has 0 aliphatic rings. The lowest BCUT2D eigenvalue weighted by Crippen LogP contribution is -2.43. The van der Waals surface area contributed by atoms with Gasteiger partial charge < -0.3 is 36.0 Å². The Labute approximate surface area is 202 Å². The van der Waals surface area contributed by atoms with Crippen molar-refractivity contribution < 1.29 is 39.9 Å². The van der Waals surface area contributed by atoms with Crippen molar-refractivity contribution in [3.63, 3.8) is 0 Å². The molecule has 12 nitrogen and oxygen atoms in total. The van der Waals surface area contributed by atoms with Crippen molar-refractivity contribution in [2.45, 2.75) is 64.9 Å². The Hall–Kier alpha value is -3.50. The molecule has 1 atom stereocenters. The summed E-state index contributed by atoms with van der Waals surface area (Å²) in [7, 11) is 0. The van der Waals surface area contributed by atoms with Crippen LogP contribution in [-0.4, -0.2) is 65.7 Å². The fourth-order valence-electron chi connectivity index (χ4n) is 3.31. The summed E-state index contributed by atoms with van der Waals surface area (Å²) in [6.07, 6.45) is -2.49. The van der Waals surface area contributed by atoms with E-state index in [1.165, 1.54) is 0 Å². The molecule has 35 heavy (non-hydrogen) atoms. The van der Waals surface area contributed by atoms with E-state index in [2.05, 4.69) is 25.0 Å². The van der Waals surface area contributed by atoms with E-state index in [0.717, 1.165) is 35.5 Å². The van der Waals surface area contributed by atoms with Gasteiger partial charge in [0.25, 0.3) is 0 Å². The zero-order chi connectivity index (χ0) is 26.8. The zero-order valence-electron chi connectivity index (χ0n) is 19.9. The van der Waals surface area contributed by atoms with Crippen LogP contribution in [0.25, 0.3) is 0 Å². The third kappa shape index (κ3) is 8.66. The van der Waals surface area contributed by atoms with Crippen LogP contribution in [-0.2, 0) is 29.0 Å². The van der Waals surface area contributed by atoms with E-state index >= 15 is 0 Å². The molecule has 192 valence electrons. The molecule has 0 amide bonds. The Kier molecular flexibility index (Phi) is 11.3. The van der Waals surface area contributed by atoms with Gasteiger partial charge in [-0.2, -0.15) is 10.4 Å². The Balaban J connectivity index is 0.000000405. The van der Waals surface area contributed by atoms with E-state index in [1.54, 1.807) is 6.07 Å². The maximum Gasteiger partial charge on any atom is 0.336 e. The predicted octanol–water partition coefficient (Wildman–Crippen LogP) is 0.917. The quantitative estimate of drug-likeness (QED) is 0.243. The molecule has 0 aliphatic heterocycles. The maximum absolute atomic E-state index is 10.4. The highest BCUT2D eigenvalue weighted by Crippen LogP contribution is 2.31. The van der Waals surface area contributed by atoms with Gasteiger partial charge in [-0.3, -0.25) is 9.48 Å². The molecule has 1 heterocycles. The number of ether oxygens (including phenoxy) is 1. The first kappa shape index (κ1) is 29.5. The molecule has 0 fully saturated rings. The number of nitrogens with two attached hydrogens (primary N) is 1. The second-order valence-electron chi connectivity index (χ2n) is 7.78. The number of hydrogen-bond donors (Lipinski definition) is 6. The van der Waals surface area contributed by atoms with Crippen molar-refractivity contribution in [2.75, 3.05) is 6.54 Å². The first-order valence-electron chi connectivity index (χ1n) is 10.9. The molecule has 0 saturated heterocycles. The Bertz CT molecular complexity index is 1060. The topological polar surface area (TPSA) is 212 Å². The molecule has 2 rings (SSSR count). The van der Waals surface area contributed by atoms with Gasteiger partial charge in [-0.15, -0.1) is 0 Å². The fraction of sp³-hybridized carbons (Fsp3) is 0.478. The van der Waals surface area contributed by atoms with Crippen LogP contribution in [0.15, 0.2) is 18.2 Å². The van der Waals surface area contributed by atoms with E-state index in [4.69, 9.17) is 41.3 Å². The van der Waals surface area contributed by atoms with E-state index in [-0.39, 0.29) is 0 Å². The Morgan fingerprint density at radius 3 is 2.34 bits per heavy atom. The number of carbonyl (C=O) groups is 2. The summed E-state index contributed by atoms with van der Waals surface area (Å²) in [4.78, 5) is 20.5. The van der Waals surface area contributed by atoms with Crippen LogP contribution in [0.4, 0.5) is 0 Å². The predicted molar refractivity (Wildman–Crippen MR) is 124 cm³/mol. The molecule has 0 saturated carbocycles. The lowest BCUT2D eigenvalue weighted by atomic mass is 9.95. The fourth-order valence-corrected chi connectivity index (χ4v) is 3.31. The number of hydrogen-bond acceptors (Lipinski definition) is 9. The Morgan fingerprint density at radius 1 is 1.23 bits per heavy atom. The van der Waals surface area contributed by atoms with Crippen LogP contribution < -0.4 is 10.5 Å². The minimum Gasteiger partial charge on any atom is -0.481 e. The van der Waals surface area contributed by atoms with Crippen molar-refractivity contribution in [1.29, 1.82) is 5.26 Å². The second-order valence-corrected chi connectivity index (χ2v) is 7.78. The number of aryl methyl sites for hydroxylation is 2. The van der Waals surface area contributed by atoms with Crippen LogP contribution in [0.1, 0.15) is 49.2 Å². The van der Waals surface area contributed by atoms with Crippen molar-refractivity contribution in [3.05, 3.63) is 40.7 Å². The minimum atomic E-state index is -2.64. The number of aliphatic hydroxyl groups excluding tert-OH is 1. The summed E-state index contributed by atoms with van der Waals surface area (Å²) in [6, 6.07) is 7.69. The molecule has 12 heteroatoms. The Morgan fingerprint density at radius 2 is 1.89 bits per heavy atom. The van der Waals surface area contributed by atoms with Gasteiger partial charge in [0, 0.05) is 13.0 Å². The maximum atomic E-state index is 10.4. The third-order valence-electron chi connectivity index (χ3n) is 4.85. The number of carboxylic acids is 2. The van der Waals surface area contributed by atoms with Gasteiger partial charge >= 0.3 is 11.9 Å². The van der Waals surface area contributed by atoms with Gasteiger partial charge in [0.2, 0.25) is 0 Å². The average molecular weight is 493 g/mol. The number of benzene rings is 1. The highest BCUT2D eigenvalue weighted by molar-refractivity contribution is 5.83. The van der Waals surface area contributed by atoms with Crippen LogP contribution >= 0.6 is 0 Å². The van der Waals surface area contributed by atoms with E-state index in [1.807, 2.05) is 23.7 Å². The number of nitrogens with zero attached hydrogens (tertiary/aromatic N) is 3. The summed E-state index contributed by atoms with van der Waals surface area (Å²) in [5.74, 6) is -1.87. The number of rotatable bonds is 11. The lowest BCUT2D eigenvalue weighted by molar-refractivity contribution is -0.175. The van der Waals surface area contributed by atoms with Crippen molar-refractivity contribution in [1.82, 2.24) is 9.78 Å². The molecule has 1 unspecified atom stereocenters. The number of aliphatic hydroxyl groups is 3. The summed E-state index contributed by atoms with van der Waals surface area (Å²) in [5, 5.41) is 56.2. The summed E-state index contributed by atoms with van der Waals surface area (Å²) in [5.41, 5.74) is 6.58. The highest BCUT2D eigenvalue weighted by Gasteiger charge is 2.40. The number of aliphatic carboxylic acids is 2. The van der Waals surface area contributed by atoms with Gasteiger partial charge in [-0.05, 0) is 43.5 Å². The van der Waals surface area contributed by atoms with Crippen molar-refractivity contribution in [3.8, 4) is 17.6 Å². The minimum absolute atomic E-state index is 0.542. The lowest BCUT2D eigenvalue weighted by Gasteiger charge is -2.21. The molecule has 0 aliphatic carbocycles. The van der Waals surface area contributed by atoms with E-state index in [9.17, 15) is 9.59 Å². The van der Waals surface area contributed by atoms with Crippen LogP contribution in [0.2, 0.25) is 0 Å². The molecule has 1 aromatic heterocycles. The number of aromatic nitrogens is 2. The zero-order valence-corrected chi connectivity index (χ0v) is 19.9. The molecule has 0 bridgehead atoms. The molecule has 0 radical (unpaired) electrons. The molecule has 2 aromatic rings.